The van der Waals surface area contributed by atoms with Crippen LogP contribution in [0.3, 0.4) is 0 Å². The van der Waals surface area contributed by atoms with Crippen molar-refractivity contribution in [2.75, 3.05) is 7.11 Å². The highest BCUT2D eigenvalue weighted by Gasteiger charge is 2.41. The zero-order valence-corrected chi connectivity index (χ0v) is 13.6. The number of hydrogen-bond donors (Lipinski definition) is 4. The number of aliphatic hydroxyl groups excluding tert-OH is 2. The van der Waals surface area contributed by atoms with Crippen LogP contribution >= 0.6 is 0 Å². The summed E-state index contributed by atoms with van der Waals surface area (Å²) in [6.45, 7) is 1.55. The molecule has 8 nitrogen and oxygen atoms in total. The van der Waals surface area contributed by atoms with Gasteiger partial charge in [0.1, 0.15) is 11.9 Å². The number of allylic oxidation sites excluding steroid dienone is 2. The van der Waals surface area contributed by atoms with Crippen LogP contribution in [0.2, 0.25) is 0 Å². The summed E-state index contributed by atoms with van der Waals surface area (Å²) in [6.07, 6.45) is -1.40. The van der Waals surface area contributed by atoms with E-state index in [1.54, 1.807) is 6.92 Å². The second-order valence-electron chi connectivity index (χ2n) is 6.17. The molecule has 2 aliphatic rings. The molecule has 0 aromatic heterocycles. The lowest BCUT2D eigenvalue weighted by Gasteiger charge is -2.33. The van der Waals surface area contributed by atoms with Crippen molar-refractivity contribution in [2.45, 2.75) is 38.1 Å². The Morgan fingerprint density at radius 3 is 2.56 bits per heavy atom. The van der Waals surface area contributed by atoms with E-state index in [4.69, 9.17) is 9.47 Å². The quantitative estimate of drug-likeness (QED) is 0.592. The van der Waals surface area contributed by atoms with Crippen molar-refractivity contribution in [1.82, 2.24) is 0 Å². The van der Waals surface area contributed by atoms with Crippen LogP contribution < -0.4 is 4.74 Å². The van der Waals surface area contributed by atoms with Gasteiger partial charge >= 0.3 is 0 Å². The van der Waals surface area contributed by atoms with Crippen LogP contribution in [-0.4, -0.2) is 51.3 Å². The average molecular weight is 350 g/mol. The third-order valence-corrected chi connectivity index (χ3v) is 4.33. The second-order valence-corrected chi connectivity index (χ2v) is 6.17. The van der Waals surface area contributed by atoms with Crippen molar-refractivity contribution < 1.29 is 39.5 Å². The van der Waals surface area contributed by atoms with Crippen molar-refractivity contribution >= 4 is 11.6 Å². The zero-order chi connectivity index (χ0) is 18.5. The van der Waals surface area contributed by atoms with E-state index in [2.05, 4.69) is 0 Å². The van der Waals surface area contributed by atoms with E-state index >= 15 is 0 Å². The number of ether oxygens (including phenoxy) is 2. The van der Waals surface area contributed by atoms with Crippen molar-refractivity contribution in [3.63, 3.8) is 0 Å². The van der Waals surface area contributed by atoms with Crippen LogP contribution in [0, 0.1) is 0 Å². The van der Waals surface area contributed by atoms with E-state index in [0.29, 0.717) is 0 Å². The molecule has 0 saturated carbocycles. The number of aliphatic hydroxyl groups is 2. The molecule has 1 aliphatic carbocycles. The fourth-order valence-corrected chi connectivity index (χ4v) is 3.25. The number of hydrogen-bond acceptors (Lipinski definition) is 8. The SMILES string of the molecule is COC1=CC(=O)c2c(O)c3c(c(O)c2C1=O)O[C@@H](C[C@H](C)O)C[C@H]3O. The van der Waals surface area contributed by atoms with Gasteiger partial charge in [-0.3, -0.25) is 9.59 Å². The average Bonchev–Trinajstić information content (AvgIpc) is 2.53. The van der Waals surface area contributed by atoms with Crippen molar-refractivity contribution in [2.24, 2.45) is 0 Å². The first-order valence-electron chi connectivity index (χ1n) is 7.75. The highest BCUT2D eigenvalue weighted by molar-refractivity contribution is 6.26. The molecule has 8 heteroatoms. The molecule has 3 atom stereocenters. The normalized spacial score (nSPS) is 23.3. The lowest BCUT2D eigenvalue weighted by molar-refractivity contribution is 0.0328. The van der Waals surface area contributed by atoms with Crippen molar-refractivity contribution in [1.29, 1.82) is 0 Å². The summed E-state index contributed by atoms with van der Waals surface area (Å²) in [5.74, 6) is -3.28. The van der Waals surface area contributed by atoms with Crippen LogP contribution in [-0.2, 0) is 4.74 Å². The van der Waals surface area contributed by atoms with Gasteiger partial charge in [-0.2, -0.15) is 0 Å². The molecule has 0 amide bonds. The van der Waals surface area contributed by atoms with Gasteiger partial charge in [0.05, 0.1) is 36.0 Å². The Hall–Kier alpha value is -2.58. The number of Topliss-reactive ketones (excluding diaryl/α,β-unsaturated/α-hetero) is 1. The number of benzene rings is 1. The van der Waals surface area contributed by atoms with Gasteiger partial charge in [-0.1, -0.05) is 0 Å². The highest BCUT2D eigenvalue weighted by Crippen LogP contribution is 2.51. The summed E-state index contributed by atoms with van der Waals surface area (Å²) in [5, 5.41) is 40.8. The molecule has 1 aliphatic heterocycles. The van der Waals surface area contributed by atoms with Crippen LogP contribution in [0.15, 0.2) is 11.8 Å². The molecule has 0 fully saturated rings. The number of rotatable bonds is 3. The molecule has 1 aromatic carbocycles. The third kappa shape index (κ3) is 2.63. The minimum Gasteiger partial charge on any atom is -0.507 e. The number of carbonyl (C=O) groups is 2. The topological polar surface area (TPSA) is 134 Å². The fraction of sp³-hybridized carbons (Fsp3) is 0.412. The molecular weight excluding hydrogens is 332 g/mol. The lowest BCUT2D eigenvalue weighted by atomic mass is 9.85. The maximum Gasteiger partial charge on any atom is 0.232 e. The zero-order valence-electron chi connectivity index (χ0n) is 13.6. The molecule has 0 unspecified atom stereocenters. The lowest BCUT2D eigenvalue weighted by Crippen LogP contribution is -2.30. The number of carbonyl (C=O) groups excluding carboxylic acids is 2. The highest BCUT2D eigenvalue weighted by atomic mass is 16.5. The molecule has 25 heavy (non-hydrogen) atoms. The molecule has 1 aromatic rings. The molecule has 4 N–H and O–H groups in total. The summed E-state index contributed by atoms with van der Waals surface area (Å²) in [6, 6.07) is 0. The Balaban J connectivity index is 2.19. The first-order valence-corrected chi connectivity index (χ1v) is 7.75. The Kier molecular flexibility index (Phi) is 4.18. The summed E-state index contributed by atoms with van der Waals surface area (Å²) >= 11 is 0. The minimum absolute atomic E-state index is 0.0605. The molecule has 0 saturated heterocycles. The van der Waals surface area contributed by atoms with E-state index in [-0.39, 0.29) is 29.9 Å². The standard InChI is InChI=1S/C17H18O8/c1-6(18)3-7-4-8(19)12-15(22)11-9(20)5-10(24-2)14(21)13(11)16(23)17(12)25-7/h5-8,18-19,22-23H,3-4H2,1-2H3/t6-,7-,8+/m0/s1. The number of aromatic hydroxyl groups is 2. The number of fused-ring (bicyclic) bond motifs is 2. The molecule has 1 heterocycles. The maximum absolute atomic E-state index is 12.4. The largest absolute Gasteiger partial charge is 0.507 e. The van der Waals surface area contributed by atoms with Gasteiger partial charge in [-0.05, 0) is 6.92 Å². The van der Waals surface area contributed by atoms with Crippen LogP contribution in [0.5, 0.6) is 17.2 Å². The Morgan fingerprint density at radius 2 is 1.96 bits per heavy atom. The maximum atomic E-state index is 12.4. The Bertz CT molecular complexity index is 793. The van der Waals surface area contributed by atoms with Gasteiger partial charge in [0, 0.05) is 18.9 Å². The number of phenolic OH excluding ortho intramolecular Hbond substituents is 2. The fourth-order valence-electron chi connectivity index (χ4n) is 3.25. The van der Waals surface area contributed by atoms with Gasteiger partial charge in [0.25, 0.3) is 0 Å². The summed E-state index contributed by atoms with van der Waals surface area (Å²) in [4.78, 5) is 24.7. The van der Waals surface area contributed by atoms with Gasteiger partial charge in [-0.25, -0.2) is 0 Å². The molecule has 134 valence electrons. The Labute approximate surface area is 142 Å². The summed E-state index contributed by atoms with van der Waals surface area (Å²) in [7, 11) is 1.20. The van der Waals surface area contributed by atoms with Crippen LogP contribution in [0.25, 0.3) is 0 Å². The molecule has 0 radical (unpaired) electrons. The predicted octanol–water partition coefficient (Wildman–Crippen LogP) is 0.962. The smallest absolute Gasteiger partial charge is 0.232 e. The third-order valence-electron chi connectivity index (χ3n) is 4.33. The molecule has 0 spiro atoms. The van der Waals surface area contributed by atoms with Gasteiger partial charge < -0.3 is 29.9 Å². The van der Waals surface area contributed by atoms with Crippen LogP contribution in [0.4, 0.5) is 0 Å². The molecular formula is C17H18O8. The van der Waals surface area contributed by atoms with E-state index in [1.807, 2.05) is 0 Å². The van der Waals surface area contributed by atoms with E-state index in [1.165, 1.54) is 7.11 Å². The molecule has 0 bridgehead atoms. The summed E-state index contributed by atoms with van der Waals surface area (Å²) < 4.78 is 10.4. The van der Waals surface area contributed by atoms with Gasteiger partial charge in [0.15, 0.2) is 23.0 Å². The van der Waals surface area contributed by atoms with Crippen molar-refractivity contribution in [3.8, 4) is 17.2 Å². The van der Waals surface area contributed by atoms with Gasteiger partial charge in [0.2, 0.25) is 5.78 Å². The number of ketones is 2. The second kappa shape index (κ2) is 6.05. The first kappa shape index (κ1) is 17.2. The number of methoxy groups -OCH3 is 1. The van der Waals surface area contributed by atoms with Crippen molar-refractivity contribution in [3.05, 3.63) is 28.5 Å². The Morgan fingerprint density at radius 1 is 1.28 bits per heavy atom. The monoisotopic (exact) mass is 350 g/mol. The minimum atomic E-state index is -1.22. The summed E-state index contributed by atoms with van der Waals surface area (Å²) in [5.41, 5.74) is -0.960. The van der Waals surface area contributed by atoms with E-state index in [0.717, 1.165) is 6.08 Å². The first-order chi connectivity index (χ1) is 11.8. The molecule has 3 rings (SSSR count). The predicted molar refractivity (Wildman–Crippen MR) is 83.8 cm³/mol. The van der Waals surface area contributed by atoms with E-state index < -0.39 is 52.5 Å². The van der Waals surface area contributed by atoms with Crippen LogP contribution in [0.1, 0.15) is 52.1 Å². The van der Waals surface area contributed by atoms with E-state index in [9.17, 15) is 30.0 Å². The van der Waals surface area contributed by atoms with Gasteiger partial charge in [-0.15, -0.1) is 0 Å². The number of phenols is 2.